The van der Waals surface area contributed by atoms with Crippen molar-refractivity contribution in [1.29, 1.82) is 0 Å². The molecule has 0 aromatic heterocycles. The number of carboxylic acids is 1. The normalized spacial score (nSPS) is 14.9. The van der Waals surface area contributed by atoms with Crippen LogP contribution in [-0.2, 0) is 4.79 Å². The Morgan fingerprint density at radius 3 is 2.25 bits per heavy atom. The monoisotopic (exact) mass is 172 g/mol. The Kier molecular flexibility index (Phi) is 4.59. The zero-order valence-corrected chi connectivity index (χ0v) is 7.74. The van der Waals surface area contributed by atoms with E-state index in [4.69, 9.17) is 10.2 Å². The maximum atomic E-state index is 10.4. The van der Waals surface area contributed by atoms with Crippen LogP contribution in [0.25, 0.3) is 0 Å². The van der Waals surface area contributed by atoms with Gasteiger partial charge in [-0.3, -0.25) is 0 Å². The molecule has 70 valence electrons. The van der Waals surface area contributed by atoms with Gasteiger partial charge in [0.05, 0.1) is 0 Å². The maximum absolute atomic E-state index is 10.4. The summed E-state index contributed by atoms with van der Waals surface area (Å²) in [6.07, 6.45) is 1.60. The Balaban J connectivity index is 4.35. The number of aliphatic carboxylic acids is 1. The Bertz CT molecular complexity index is 182. The van der Waals surface area contributed by atoms with Crippen LogP contribution in [0.5, 0.6) is 0 Å². The third kappa shape index (κ3) is 3.53. The van der Waals surface area contributed by atoms with Gasteiger partial charge in [-0.1, -0.05) is 19.9 Å². The second kappa shape index (κ2) is 4.93. The largest absolute Gasteiger partial charge is 0.478 e. The Hall–Kier alpha value is -0.830. The molecule has 0 rings (SSSR count). The number of hydrogen-bond acceptors (Lipinski definition) is 2. The number of rotatable bonds is 4. The highest BCUT2D eigenvalue weighted by Gasteiger charge is 2.11. The third-order valence-electron chi connectivity index (χ3n) is 1.87. The summed E-state index contributed by atoms with van der Waals surface area (Å²) < 4.78 is 0. The molecule has 0 radical (unpaired) electrons. The molecule has 3 heteroatoms. The predicted octanol–water partition coefficient (Wildman–Crippen LogP) is 1.28. The SMILES string of the molecule is CC(=CC(CO)C(C)C)C(=O)O. The molecule has 0 bridgehead atoms. The van der Waals surface area contributed by atoms with Crippen LogP contribution in [0.1, 0.15) is 20.8 Å². The Morgan fingerprint density at radius 1 is 1.50 bits per heavy atom. The molecule has 0 aliphatic rings. The lowest BCUT2D eigenvalue weighted by molar-refractivity contribution is -0.132. The van der Waals surface area contributed by atoms with Gasteiger partial charge in [-0.25, -0.2) is 4.79 Å². The molecule has 0 saturated carbocycles. The van der Waals surface area contributed by atoms with Crippen LogP contribution < -0.4 is 0 Å². The van der Waals surface area contributed by atoms with E-state index in [9.17, 15) is 4.79 Å². The lowest BCUT2D eigenvalue weighted by Crippen LogP contribution is -2.12. The van der Waals surface area contributed by atoms with E-state index in [-0.39, 0.29) is 18.4 Å². The highest BCUT2D eigenvalue weighted by atomic mass is 16.4. The van der Waals surface area contributed by atoms with E-state index >= 15 is 0 Å². The Morgan fingerprint density at radius 2 is 2.00 bits per heavy atom. The summed E-state index contributed by atoms with van der Waals surface area (Å²) in [5.41, 5.74) is 0.294. The summed E-state index contributed by atoms with van der Waals surface area (Å²) in [4.78, 5) is 10.4. The molecular formula is C9H16O3. The molecule has 0 heterocycles. The molecule has 0 aromatic rings. The molecule has 12 heavy (non-hydrogen) atoms. The molecule has 0 aliphatic carbocycles. The third-order valence-corrected chi connectivity index (χ3v) is 1.87. The summed E-state index contributed by atoms with van der Waals surface area (Å²) in [5, 5.41) is 17.4. The van der Waals surface area contributed by atoms with Gasteiger partial charge in [0.25, 0.3) is 0 Å². The molecule has 3 nitrogen and oxygen atoms in total. The number of aliphatic hydroxyl groups excluding tert-OH is 1. The minimum absolute atomic E-state index is 0.00227. The molecule has 2 N–H and O–H groups in total. The van der Waals surface area contributed by atoms with Crippen molar-refractivity contribution in [3.63, 3.8) is 0 Å². The van der Waals surface area contributed by atoms with Gasteiger partial charge in [0.15, 0.2) is 0 Å². The van der Waals surface area contributed by atoms with E-state index in [0.717, 1.165) is 0 Å². The van der Waals surface area contributed by atoms with Crippen LogP contribution in [0, 0.1) is 11.8 Å². The van der Waals surface area contributed by atoms with E-state index in [2.05, 4.69) is 0 Å². The topological polar surface area (TPSA) is 57.5 Å². The second-order valence-electron chi connectivity index (χ2n) is 3.25. The molecule has 0 saturated heterocycles. The van der Waals surface area contributed by atoms with E-state index in [1.807, 2.05) is 13.8 Å². The first-order valence-corrected chi connectivity index (χ1v) is 4.01. The maximum Gasteiger partial charge on any atom is 0.330 e. The van der Waals surface area contributed by atoms with E-state index in [1.165, 1.54) is 6.92 Å². The molecule has 1 atom stereocenters. The predicted molar refractivity (Wildman–Crippen MR) is 46.8 cm³/mol. The highest BCUT2D eigenvalue weighted by Crippen LogP contribution is 2.13. The number of hydrogen-bond donors (Lipinski definition) is 2. The average molecular weight is 172 g/mol. The molecule has 0 spiro atoms. The summed E-state index contributed by atoms with van der Waals surface area (Å²) in [6, 6.07) is 0. The molecule has 0 aromatic carbocycles. The summed E-state index contributed by atoms with van der Waals surface area (Å²) >= 11 is 0. The standard InChI is InChI=1S/C9H16O3/c1-6(2)8(5-10)4-7(3)9(11)12/h4,6,8,10H,5H2,1-3H3,(H,11,12). The first-order chi connectivity index (χ1) is 5.49. The van der Waals surface area contributed by atoms with Gasteiger partial charge in [0.1, 0.15) is 0 Å². The number of carboxylic acid groups (broad SMARTS) is 1. The van der Waals surface area contributed by atoms with Gasteiger partial charge in [0.2, 0.25) is 0 Å². The van der Waals surface area contributed by atoms with Crippen molar-refractivity contribution in [1.82, 2.24) is 0 Å². The van der Waals surface area contributed by atoms with Crippen LogP contribution >= 0.6 is 0 Å². The summed E-state index contributed by atoms with van der Waals surface area (Å²) in [7, 11) is 0. The van der Waals surface area contributed by atoms with Crippen molar-refractivity contribution in [2.24, 2.45) is 11.8 Å². The molecule has 0 aliphatic heterocycles. The van der Waals surface area contributed by atoms with Crippen molar-refractivity contribution in [2.75, 3.05) is 6.61 Å². The quantitative estimate of drug-likeness (QED) is 0.628. The van der Waals surface area contributed by atoms with Crippen molar-refractivity contribution >= 4 is 5.97 Å². The molecule has 0 fully saturated rings. The fraction of sp³-hybridized carbons (Fsp3) is 0.667. The molecule has 1 unspecified atom stereocenters. The summed E-state index contributed by atoms with van der Waals surface area (Å²) in [6.45, 7) is 5.44. The highest BCUT2D eigenvalue weighted by molar-refractivity contribution is 5.85. The van der Waals surface area contributed by atoms with Crippen molar-refractivity contribution < 1.29 is 15.0 Å². The fourth-order valence-electron chi connectivity index (χ4n) is 0.848. The van der Waals surface area contributed by atoms with Gasteiger partial charge in [0, 0.05) is 18.1 Å². The summed E-state index contributed by atoms with van der Waals surface area (Å²) in [5.74, 6) is -0.709. The van der Waals surface area contributed by atoms with Crippen molar-refractivity contribution in [2.45, 2.75) is 20.8 Å². The minimum Gasteiger partial charge on any atom is -0.478 e. The van der Waals surface area contributed by atoms with Gasteiger partial charge >= 0.3 is 5.97 Å². The number of carbonyl (C=O) groups is 1. The number of aliphatic hydroxyl groups is 1. The first kappa shape index (κ1) is 11.2. The van der Waals surface area contributed by atoms with Crippen LogP contribution in [-0.4, -0.2) is 22.8 Å². The van der Waals surface area contributed by atoms with Crippen LogP contribution in [0.2, 0.25) is 0 Å². The van der Waals surface area contributed by atoms with Gasteiger partial charge in [-0.15, -0.1) is 0 Å². The van der Waals surface area contributed by atoms with Crippen molar-refractivity contribution in [3.8, 4) is 0 Å². The average Bonchev–Trinajstić information content (AvgIpc) is 1.98. The zero-order chi connectivity index (χ0) is 9.72. The molecule has 0 amide bonds. The second-order valence-corrected chi connectivity index (χ2v) is 3.25. The lowest BCUT2D eigenvalue weighted by Gasteiger charge is -2.13. The minimum atomic E-state index is -0.922. The molecular weight excluding hydrogens is 156 g/mol. The van der Waals surface area contributed by atoms with Crippen LogP contribution in [0.15, 0.2) is 11.6 Å². The zero-order valence-electron chi connectivity index (χ0n) is 7.74. The fourth-order valence-corrected chi connectivity index (χ4v) is 0.848. The lowest BCUT2D eigenvalue weighted by atomic mass is 9.95. The van der Waals surface area contributed by atoms with Crippen LogP contribution in [0.4, 0.5) is 0 Å². The first-order valence-electron chi connectivity index (χ1n) is 4.01. The van der Waals surface area contributed by atoms with Gasteiger partial charge < -0.3 is 10.2 Å². The van der Waals surface area contributed by atoms with Crippen molar-refractivity contribution in [3.05, 3.63) is 11.6 Å². The Labute approximate surface area is 72.7 Å². The smallest absolute Gasteiger partial charge is 0.330 e. The van der Waals surface area contributed by atoms with Crippen LogP contribution in [0.3, 0.4) is 0 Å². The van der Waals surface area contributed by atoms with E-state index in [0.29, 0.717) is 5.57 Å². The van der Waals surface area contributed by atoms with E-state index < -0.39 is 5.97 Å². The van der Waals surface area contributed by atoms with Gasteiger partial charge in [-0.05, 0) is 12.8 Å². The van der Waals surface area contributed by atoms with Gasteiger partial charge in [-0.2, -0.15) is 0 Å². The van der Waals surface area contributed by atoms with E-state index in [1.54, 1.807) is 6.08 Å².